The lowest BCUT2D eigenvalue weighted by atomic mass is 10.2. The fraction of sp³-hybridized carbons (Fsp3) is 0.154. The number of methoxy groups -OCH3 is 1. The minimum atomic E-state index is -0.310. The second kappa shape index (κ2) is 5.34. The van der Waals surface area contributed by atoms with E-state index in [1.807, 2.05) is 18.2 Å². The number of nitrogens with two attached hydrogens (primary N) is 1. The number of carbonyl (C=O) groups is 1. The normalized spacial score (nSPS) is 10.0. The number of anilines is 1. The summed E-state index contributed by atoms with van der Waals surface area (Å²) in [5.74, 6) is 0.987. The molecule has 0 saturated carbocycles. The van der Waals surface area contributed by atoms with E-state index in [0.717, 1.165) is 5.56 Å². The molecule has 1 amide bonds. The molecule has 19 heavy (non-hydrogen) atoms. The Morgan fingerprint density at radius 2 is 2.21 bits per heavy atom. The fourth-order valence-corrected chi connectivity index (χ4v) is 1.61. The van der Waals surface area contributed by atoms with Gasteiger partial charge in [-0.15, -0.1) is 0 Å². The largest absolute Gasteiger partial charge is 0.497 e. The Morgan fingerprint density at radius 1 is 1.42 bits per heavy atom. The van der Waals surface area contributed by atoms with Gasteiger partial charge < -0.3 is 15.8 Å². The Morgan fingerprint density at radius 3 is 2.84 bits per heavy atom. The predicted molar refractivity (Wildman–Crippen MR) is 71.8 cm³/mol. The first-order valence-electron chi connectivity index (χ1n) is 5.64. The molecule has 0 atom stereocenters. The molecule has 6 nitrogen and oxygen atoms in total. The molecule has 0 spiro atoms. The highest BCUT2D eigenvalue weighted by Gasteiger charge is 2.12. The van der Waals surface area contributed by atoms with E-state index in [9.17, 15) is 4.79 Å². The fourth-order valence-electron chi connectivity index (χ4n) is 1.61. The molecule has 3 N–H and O–H groups in total. The van der Waals surface area contributed by atoms with Crippen LogP contribution in [0.1, 0.15) is 10.4 Å². The Bertz CT molecular complexity index is 613. The molecule has 0 unspecified atom stereocenters. The van der Waals surface area contributed by atoms with E-state index in [1.54, 1.807) is 13.2 Å². The number of nitrogens with one attached hydrogen (secondary N) is 1. The van der Waals surface area contributed by atoms with Crippen molar-refractivity contribution in [1.82, 2.24) is 15.3 Å². The van der Waals surface area contributed by atoms with Gasteiger partial charge in [-0.05, 0) is 12.1 Å². The SMILES string of the molecule is CNC(=O)c1cnc(-c2cccc(OC)c2)nc1N. The van der Waals surface area contributed by atoms with Gasteiger partial charge in [0.2, 0.25) is 0 Å². The lowest BCUT2D eigenvalue weighted by Crippen LogP contribution is -2.20. The molecule has 0 aliphatic carbocycles. The van der Waals surface area contributed by atoms with E-state index < -0.39 is 0 Å². The molecule has 6 heteroatoms. The smallest absolute Gasteiger partial charge is 0.256 e. The van der Waals surface area contributed by atoms with Gasteiger partial charge in [0.25, 0.3) is 5.91 Å². The summed E-state index contributed by atoms with van der Waals surface area (Å²) in [6.07, 6.45) is 1.41. The van der Waals surface area contributed by atoms with Crippen LogP contribution in [0, 0.1) is 0 Å². The van der Waals surface area contributed by atoms with Crippen molar-refractivity contribution in [2.45, 2.75) is 0 Å². The number of aromatic nitrogens is 2. The van der Waals surface area contributed by atoms with Crippen molar-refractivity contribution in [2.75, 3.05) is 19.9 Å². The second-order valence-corrected chi connectivity index (χ2v) is 3.80. The summed E-state index contributed by atoms with van der Waals surface area (Å²) in [5, 5.41) is 2.48. The van der Waals surface area contributed by atoms with Crippen LogP contribution >= 0.6 is 0 Å². The van der Waals surface area contributed by atoms with Crippen LogP contribution in [0.3, 0.4) is 0 Å². The van der Waals surface area contributed by atoms with Crippen LogP contribution in [0.15, 0.2) is 30.5 Å². The summed E-state index contributed by atoms with van der Waals surface area (Å²) in [5.41, 5.74) is 6.79. The number of carbonyl (C=O) groups excluding carboxylic acids is 1. The highest BCUT2D eigenvalue weighted by molar-refractivity contribution is 5.98. The van der Waals surface area contributed by atoms with E-state index in [2.05, 4.69) is 15.3 Å². The van der Waals surface area contributed by atoms with Gasteiger partial charge in [0.15, 0.2) is 5.82 Å². The van der Waals surface area contributed by atoms with Crippen LogP contribution in [0.5, 0.6) is 5.75 Å². The molecule has 0 bridgehead atoms. The van der Waals surface area contributed by atoms with E-state index in [4.69, 9.17) is 10.5 Å². The molecule has 1 aromatic heterocycles. The van der Waals surface area contributed by atoms with Crippen molar-refractivity contribution >= 4 is 11.7 Å². The van der Waals surface area contributed by atoms with Crippen molar-refractivity contribution in [1.29, 1.82) is 0 Å². The summed E-state index contributed by atoms with van der Waals surface area (Å²) in [6, 6.07) is 7.30. The van der Waals surface area contributed by atoms with Crippen molar-refractivity contribution in [2.24, 2.45) is 0 Å². The number of ether oxygens (including phenoxy) is 1. The van der Waals surface area contributed by atoms with Gasteiger partial charge in [-0.1, -0.05) is 12.1 Å². The zero-order valence-electron chi connectivity index (χ0n) is 10.7. The number of hydrogen-bond acceptors (Lipinski definition) is 5. The lowest BCUT2D eigenvalue weighted by molar-refractivity contribution is 0.0963. The van der Waals surface area contributed by atoms with Crippen LogP contribution < -0.4 is 15.8 Å². The molecule has 0 fully saturated rings. The monoisotopic (exact) mass is 258 g/mol. The van der Waals surface area contributed by atoms with E-state index in [0.29, 0.717) is 11.6 Å². The average Bonchev–Trinajstić information content (AvgIpc) is 2.46. The molecule has 0 aliphatic rings. The predicted octanol–water partition coefficient (Wildman–Crippen LogP) is 1.09. The van der Waals surface area contributed by atoms with Crippen LogP contribution in [-0.4, -0.2) is 30.0 Å². The van der Waals surface area contributed by atoms with Crippen molar-refractivity contribution in [3.8, 4) is 17.1 Å². The average molecular weight is 258 g/mol. The highest BCUT2D eigenvalue weighted by atomic mass is 16.5. The van der Waals surface area contributed by atoms with E-state index in [1.165, 1.54) is 13.2 Å². The summed E-state index contributed by atoms with van der Waals surface area (Å²) < 4.78 is 5.14. The minimum Gasteiger partial charge on any atom is -0.497 e. The highest BCUT2D eigenvalue weighted by Crippen LogP contribution is 2.22. The van der Waals surface area contributed by atoms with Gasteiger partial charge in [0.1, 0.15) is 11.6 Å². The van der Waals surface area contributed by atoms with Gasteiger partial charge in [-0.2, -0.15) is 0 Å². The third kappa shape index (κ3) is 2.62. The maximum Gasteiger partial charge on any atom is 0.256 e. The van der Waals surface area contributed by atoms with E-state index in [-0.39, 0.29) is 17.3 Å². The summed E-state index contributed by atoms with van der Waals surface area (Å²) in [4.78, 5) is 19.8. The molecule has 0 saturated heterocycles. The van der Waals surface area contributed by atoms with Crippen molar-refractivity contribution < 1.29 is 9.53 Å². The molecule has 1 aromatic carbocycles. The zero-order valence-corrected chi connectivity index (χ0v) is 10.7. The molecule has 98 valence electrons. The number of hydrogen-bond donors (Lipinski definition) is 2. The summed E-state index contributed by atoms with van der Waals surface area (Å²) in [6.45, 7) is 0. The Hall–Kier alpha value is -2.63. The van der Waals surface area contributed by atoms with E-state index >= 15 is 0 Å². The van der Waals surface area contributed by atoms with Gasteiger partial charge in [-0.3, -0.25) is 4.79 Å². The van der Waals surface area contributed by atoms with Gasteiger partial charge in [-0.25, -0.2) is 9.97 Å². The number of nitrogen functional groups attached to an aromatic ring is 1. The van der Waals surface area contributed by atoms with Gasteiger partial charge >= 0.3 is 0 Å². The van der Waals surface area contributed by atoms with Crippen LogP contribution in [0.2, 0.25) is 0 Å². The summed E-state index contributed by atoms with van der Waals surface area (Å²) in [7, 11) is 3.11. The topological polar surface area (TPSA) is 90.1 Å². The quantitative estimate of drug-likeness (QED) is 0.860. The second-order valence-electron chi connectivity index (χ2n) is 3.80. The first kappa shape index (κ1) is 12.8. The number of rotatable bonds is 3. The molecule has 2 rings (SSSR count). The summed E-state index contributed by atoms with van der Waals surface area (Å²) >= 11 is 0. The van der Waals surface area contributed by atoms with Gasteiger partial charge in [0.05, 0.1) is 12.7 Å². The molecular weight excluding hydrogens is 244 g/mol. The Balaban J connectivity index is 2.41. The number of benzene rings is 1. The van der Waals surface area contributed by atoms with Crippen LogP contribution in [0.4, 0.5) is 5.82 Å². The molecular formula is C13H14N4O2. The third-order valence-corrected chi connectivity index (χ3v) is 2.62. The van der Waals surface area contributed by atoms with Crippen molar-refractivity contribution in [3.63, 3.8) is 0 Å². The first-order chi connectivity index (χ1) is 9.15. The maximum atomic E-state index is 11.5. The van der Waals surface area contributed by atoms with Crippen LogP contribution in [-0.2, 0) is 0 Å². The Kier molecular flexibility index (Phi) is 3.61. The zero-order chi connectivity index (χ0) is 13.8. The minimum absolute atomic E-state index is 0.146. The third-order valence-electron chi connectivity index (χ3n) is 2.62. The molecule has 0 aliphatic heterocycles. The van der Waals surface area contributed by atoms with Crippen molar-refractivity contribution in [3.05, 3.63) is 36.0 Å². The molecule has 1 heterocycles. The maximum absolute atomic E-state index is 11.5. The number of nitrogens with zero attached hydrogens (tertiary/aromatic N) is 2. The van der Waals surface area contributed by atoms with Crippen LogP contribution in [0.25, 0.3) is 11.4 Å². The molecule has 2 aromatic rings. The Labute approximate surface area is 110 Å². The lowest BCUT2D eigenvalue weighted by Gasteiger charge is -2.06. The number of amides is 1. The molecule has 0 radical (unpaired) electrons. The first-order valence-corrected chi connectivity index (χ1v) is 5.64. The standard InChI is InChI=1S/C13H14N4O2/c1-15-13(18)10-7-16-12(17-11(10)14)8-4-3-5-9(6-8)19-2/h3-7H,1-2H3,(H,15,18)(H2,14,16,17). The van der Waals surface area contributed by atoms with Gasteiger partial charge in [0, 0.05) is 18.8 Å².